The molecule has 32 heavy (non-hydrogen) atoms. The Morgan fingerprint density at radius 2 is 1.62 bits per heavy atom. The molecule has 0 heterocycles. The number of carbonyl (C=O) groups is 1. The number of anilines is 1. The number of nitrogens with zero attached hydrogens (tertiary/aromatic N) is 2. The highest BCUT2D eigenvalue weighted by atomic mass is 35.5. The molecule has 3 rings (SSSR count). The van der Waals surface area contributed by atoms with Gasteiger partial charge in [0, 0.05) is 35.4 Å². The number of methoxy groups -OCH3 is 1. The molecule has 0 aliphatic heterocycles. The highest BCUT2D eigenvalue weighted by molar-refractivity contribution is 7.89. The van der Waals surface area contributed by atoms with Crippen molar-refractivity contribution in [3.63, 3.8) is 0 Å². The van der Waals surface area contributed by atoms with Crippen LogP contribution in [-0.4, -0.2) is 39.3 Å². The van der Waals surface area contributed by atoms with Gasteiger partial charge in [-0.1, -0.05) is 41.4 Å². The van der Waals surface area contributed by atoms with Crippen molar-refractivity contribution in [2.75, 3.05) is 25.6 Å². The van der Waals surface area contributed by atoms with E-state index in [1.807, 2.05) is 0 Å². The number of halogens is 2. The Morgan fingerprint density at radius 3 is 2.28 bits per heavy atom. The molecule has 0 fully saturated rings. The zero-order valence-corrected chi connectivity index (χ0v) is 19.9. The van der Waals surface area contributed by atoms with E-state index >= 15 is 0 Å². The third-order valence-electron chi connectivity index (χ3n) is 4.83. The summed E-state index contributed by atoms with van der Waals surface area (Å²) in [5.74, 6) is 0.185. The molecule has 3 aromatic carbocycles. The molecule has 0 unspecified atom stereocenters. The number of hydrogen-bond donors (Lipinski definition) is 0. The van der Waals surface area contributed by atoms with Gasteiger partial charge >= 0.3 is 0 Å². The maximum atomic E-state index is 13.4. The van der Waals surface area contributed by atoms with E-state index in [9.17, 15) is 13.2 Å². The lowest BCUT2D eigenvalue weighted by atomic mass is 10.2. The monoisotopic (exact) mass is 492 g/mol. The molecule has 168 valence electrons. The molecule has 0 aliphatic carbocycles. The number of likely N-dealkylation sites (N-methyl/N-ethyl adjacent to an activating group) is 1. The second kappa shape index (κ2) is 10.4. The molecule has 0 N–H and O–H groups in total. The molecule has 0 bridgehead atoms. The second-order valence-corrected chi connectivity index (χ2v) is 9.82. The number of ether oxygens (including phenoxy) is 1. The van der Waals surface area contributed by atoms with Crippen molar-refractivity contribution in [3.8, 4) is 5.75 Å². The summed E-state index contributed by atoms with van der Waals surface area (Å²) < 4.78 is 33.1. The molecule has 0 saturated heterocycles. The van der Waals surface area contributed by atoms with Crippen LogP contribution in [0, 0.1) is 0 Å². The van der Waals surface area contributed by atoms with Gasteiger partial charge in [-0.25, -0.2) is 8.42 Å². The fraction of sp³-hybridized carbons (Fsp3) is 0.174. The van der Waals surface area contributed by atoms with Gasteiger partial charge in [0.05, 0.1) is 18.6 Å². The molecule has 0 aromatic heterocycles. The van der Waals surface area contributed by atoms with E-state index in [2.05, 4.69) is 0 Å². The second-order valence-electron chi connectivity index (χ2n) is 7.01. The average molecular weight is 493 g/mol. The Morgan fingerprint density at radius 1 is 0.938 bits per heavy atom. The molecule has 3 aromatic rings. The fourth-order valence-electron chi connectivity index (χ4n) is 3.04. The molecule has 9 heteroatoms. The number of sulfonamides is 1. The Hall–Kier alpha value is -2.58. The molecular weight excluding hydrogens is 471 g/mol. The zero-order valence-electron chi connectivity index (χ0n) is 17.5. The minimum Gasteiger partial charge on any atom is -0.497 e. The summed E-state index contributed by atoms with van der Waals surface area (Å²) in [6.45, 7) is -0.394. The summed E-state index contributed by atoms with van der Waals surface area (Å²) in [4.78, 5) is 14.5. The molecule has 0 aliphatic rings. The Bertz CT molecular complexity index is 1200. The first kappa shape index (κ1) is 24.1. The lowest BCUT2D eigenvalue weighted by molar-refractivity contribution is -0.118. The lowest BCUT2D eigenvalue weighted by Crippen LogP contribution is -2.41. The van der Waals surface area contributed by atoms with Gasteiger partial charge in [-0.05, 0) is 54.1 Å². The largest absolute Gasteiger partial charge is 0.497 e. The van der Waals surface area contributed by atoms with Crippen molar-refractivity contribution in [2.45, 2.75) is 11.4 Å². The van der Waals surface area contributed by atoms with Crippen molar-refractivity contribution in [1.82, 2.24) is 4.31 Å². The standard InChI is InChI=1S/C23H22Cl2N2O4S/c1-26(20-7-4-8-21(14-20)31-2)23(28)16-27(15-17-5-3-6-19(25)13-17)32(29,30)22-11-9-18(24)10-12-22/h3-14H,15-16H2,1-2H3. The first-order valence-corrected chi connectivity index (χ1v) is 11.8. The minimum absolute atomic E-state index is 0.0246. The molecule has 0 atom stereocenters. The van der Waals surface area contributed by atoms with Gasteiger partial charge in [0.15, 0.2) is 0 Å². The number of amides is 1. The average Bonchev–Trinajstić information content (AvgIpc) is 2.78. The van der Waals surface area contributed by atoms with Crippen molar-refractivity contribution in [3.05, 3.63) is 88.4 Å². The Labute approximate surface area is 198 Å². The molecule has 0 radical (unpaired) electrons. The van der Waals surface area contributed by atoms with Crippen LogP contribution in [0.15, 0.2) is 77.7 Å². The van der Waals surface area contributed by atoms with Crippen LogP contribution in [0.2, 0.25) is 10.0 Å². The summed E-state index contributed by atoms with van der Waals surface area (Å²) in [5.41, 5.74) is 1.24. The number of hydrogen-bond acceptors (Lipinski definition) is 4. The first-order valence-electron chi connectivity index (χ1n) is 9.61. The third kappa shape index (κ3) is 5.81. The predicted octanol–water partition coefficient (Wildman–Crippen LogP) is 4.86. The fourth-order valence-corrected chi connectivity index (χ4v) is 4.76. The SMILES string of the molecule is COc1cccc(N(C)C(=O)CN(Cc2cccc(Cl)c2)S(=O)(=O)c2ccc(Cl)cc2)c1. The smallest absolute Gasteiger partial charge is 0.243 e. The third-order valence-corrected chi connectivity index (χ3v) is 7.12. The van der Waals surface area contributed by atoms with Crippen LogP contribution in [0.5, 0.6) is 5.75 Å². The molecule has 1 amide bonds. The van der Waals surface area contributed by atoms with Gasteiger partial charge in [0.25, 0.3) is 0 Å². The van der Waals surface area contributed by atoms with Gasteiger partial charge in [0.1, 0.15) is 5.75 Å². The van der Waals surface area contributed by atoms with E-state index in [4.69, 9.17) is 27.9 Å². The summed E-state index contributed by atoms with van der Waals surface area (Å²) in [6, 6.07) is 19.6. The Kier molecular flexibility index (Phi) is 7.79. The van der Waals surface area contributed by atoms with E-state index in [-0.39, 0.29) is 18.0 Å². The van der Waals surface area contributed by atoms with Gasteiger partial charge in [-0.15, -0.1) is 0 Å². The molecular formula is C23H22Cl2N2O4S. The van der Waals surface area contributed by atoms with Crippen molar-refractivity contribution < 1.29 is 17.9 Å². The van der Waals surface area contributed by atoms with Crippen molar-refractivity contribution in [1.29, 1.82) is 0 Å². The van der Waals surface area contributed by atoms with Crippen LogP contribution < -0.4 is 9.64 Å². The molecule has 0 spiro atoms. The maximum Gasteiger partial charge on any atom is 0.243 e. The van der Waals surface area contributed by atoms with Crippen LogP contribution >= 0.6 is 23.2 Å². The minimum atomic E-state index is -3.99. The highest BCUT2D eigenvalue weighted by Crippen LogP contribution is 2.24. The number of benzene rings is 3. The summed E-state index contributed by atoms with van der Waals surface area (Å²) >= 11 is 12.0. The van der Waals surface area contributed by atoms with E-state index in [0.717, 1.165) is 4.31 Å². The first-order chi connectivity index (χ1) is 15.2. The quantitative estimate of drug-likeness (QED) is 0.450. The van der Waals surface area contributed by atoms with E-state index in [0.29, 0.717) is 27.0 Å². The molecule has 0 saturated carbocycles. The van der Waals surface area contributed by atoms with Crippen LogP contribution in [-0.2, 0) is 21.4 Å². The van der Waals surface area contributed by atoms with E-state index in [1.54, 1.807) is 55.6 Å². The van der Waals surface area contributed by atoms with Gasteiger partial charge in [-0.3, -0.25) is 4.79 Å². The van der Waals surface area contributed by atoms with Crippen molar-refractivity contribution >= 4 is 44.8 Å². The zero-order chi connectivity index (χ0) is 23.3. The number of rotatable bonds is 8. The topological polar surface area (TPSA) is 66.9 Å². The number of carbonyl (C=O) groups excluding carboxylic acids is 1. The van der Waals surface area contributed by atoms with Crippen molar-refractivity contribution in [2.24, 2.45) is 0 Å². The highest BCUT2D eigenvalue weighted by Gasteiger charge is 2.28. The van der Waals surface area contributed by atoms with Gasteiger partial charge in [0.2, 0.25) is 15.9 Å². The van der Waals surface area contributed by atoms with Gasteiger partial charge in [-0.2, -0.15) is 4.31 Å². The van der Waals surface area contributed by atoms with Crippen LogP contribution in [0.4, 0.5) is 5.69 Å². The normalized spacial score (nSPS) is 11.4. The summed E-state index contributed by atoms with van der Waals surface area (Å²) in [6.07, 6.45) is 0. The predicted molar refractivity (Wildman–Crippen MR) is 127 cm³/mol. The Balaban J connectivity index is 1.92. The van der Waals surface area contributed by atoms with Crippen LogP contribution in [0.1, 0.15) is 5.56 Å². The molecule has 6 nitrogen and oxygen atoms in total. The van der Waals surface area contributed by atoms with Crippen LogP contribution in [0.3, 0.4) is 0 Å². The summed E-state index contributed by atoms with van der Waals surface area (Å²) in [5, 5.41) is 0.894. The summed E-state index contributed by atoms with van der Waals surface area (Å²) in [7, 11) is -0.872. The van der Waals surface area contributed by atoms with E-state index in [1.165, 1.54) is 36.3 Å². The maximum absolute atomic E-state index is 13.4. The van der Waals surface area contributed by atoms with Crippen LogP contribution in [0.25, 0.3) is 0 Å². The van der Waals surface area contributed by atoms with E-state index < -0.39 is 15.9 Å². The van der Waals surface area contributed by atoms with Gasteiger partial charge < -0.3 is 9.64 Å². The lowest BCUT2D eigenvalue weighted by Gasteiger charge is -2.25.